The number of fused-ring (bicyclic) bond motifs is 1. The molecule has 0 amide bonds. The molecule has 0 aliphatic carbocycles. The van der Waals surface area contributed by atoms with E-state index < -0.39 is 25.1 Å². The van der Waals surface area contributed by atoms with E-state index in [0.29, 0.717) is 23.3 Å². The van der Waals surface area contributed by atoms with Crippen molar-refractivity contribution in [3.05, 3.63) is 63.7 Å². The van der Waals surface area contributed by atoms with Crippen LogP contribution in [-0.2, 0) is 22.4 Å². The number of aliphatic hydroxyl groups is 3. The van der Waals surface area contributed by atoms with Gasteiger partial charge in [0.25, 0.3) is 0 Å². The smallest absolute Gasteiger partial charge is 0.180 e. The number of aldehydes is 1. The number of ether oxygens (including phenoxy) is 1. The fourth-order valence-electron chi connectivity index (χ4n) is 3.56. The maximum Gasteiger partial charge on any atom is 0.180 e. The first-order valence-electron chi connectivity index (χ1n) is 9.72. The van der Waals surface area contributed by atoms with E-state index in [-0.39, 0.29) is 6.42 Å². The zero-order valence-electron chi connectivity index (χ0n) is 16.1. The van der Waals surface area contributed by atoms with Gasteiger partial charge >= 0.3 is 0 Å². The molecule has 0 aromatic heterocycles. The number of hydrogen-bond acceptors (Lipinski definition) is 6. The van der Waals surface area contributed by atoms with Crippen molar-refractivity contribution in [3.63, 3.8) is 0 Å². The maximum atomic E-state index is 11.1. The molecule has 1 aliphatic rings. The van der Waals surface area contributed by atoms with Crippen LogP contribution in [0.15, 0.2) is 36.4 Å². The summed E-state index contributed by atoms with van der Waals surface area (Å²) in [5.41, 5.74) is 5.19. The predicted molar refractivity (Wildman–Crippen MR) is 111 cm³/mol. The highest BCUT2D eigenvalue weighted by Crippen LogP contribution is 2.30. The lowest BCUT2D eigenvalue weighted by molar-refractivity contribution is -0.178. The largest absolute Gasteiger partial charge is 0.393 e. The number of hydrogen-bond donors (Lipinski definition) is 4. The summed E-state index contributed by atoms with van der Waals surface area (Å²) >= 11 is 6.41. The van der Waals surface area contributed by atoms with E-state index in [1.54, 1.807) is 12.1 Å². The van der Waals surface area contributed by atoms with Gasteiger partial charge in [0.15, 0.2) is 6.29 Å². The third kappa shape index (κ3) is 5.56. The van der Waals surface area contributed by atoms with Crippen molar-refractivity contribution in [1.82, 2.24) is 0 Å². The summed E-state index contributed by atoms with van der Waals surface area (Å²) in [5.74, 6) is 0. The van der Waals surface area contributed by atoms with Crippen LogP contribution in [0.3, 0.4) is 0 Å². The Balaban J connectivity index is 1.83. The average molecular weight is 420 g/mol. The Bertz CT molecular complexity index is 842. The Kier molecular flexibility index (Phi) is 7.64. The number of carbonyl (C=O) groups excluding carboxylic acids is 1. The summed E-state index contributed by atoms with van der Waals surface area (Å²) in [6, 6.07) is 11.7. The van der Waals surface area contributed by atoms with E-state index in [1.807, 2.05) is 6.07 Å². The monoisotopic (exact) mass is 419 g/mol. The molecule has 0 saturated heterocycles. The number of aryl methyl sites for hydroxylation is 1. The zero-order chi connectivity index (χ0) is 20.8. The minimum Gasteiger partial charge on any atom is -0.393 e. The summed E-state index contributed by atoms with van der Waals surface area (Å²) in [5, 5.41) is 31.9. The molecular weight excluding hydrogens is 394 g/mol. The Labute approximate surface area is 175 Å². The summed E-state index contributed by atoms with van der Waals surface area (Å²) in [6.07, 6.45) is -0.249. The maximum absolute atomic E-state index is 11.1. The molecular formula is C22H26ClNO5. The van der Waals surface area contributed by atoms with Crippen LogP contribution in [0.1, 0.15) is 41.2 Å². The first-order chi connectivity index (χ1) is 14.0. The van der Waals surface area contributed by atoms with E-state index in [9.17, 15) is 20.1 Å². The number of nitrogens with one attached hydrogen (secondary N) is 1. The molecule has 29 heavy (non-hydrogen) atoms. The minimum absolute atomic E-state index is 0.0226. The summed E-state index contributed by atoms with van der Waals surface area (Å²) in [4.78, 5) is 11.1. The zero-order valence-corrected chi connectivity index (χ0v) is 16.8. The Morgan fingerprint density at radius 1 is 1.21 bits per heavy atom. The molecule has 0 fully saturated rings. The summed E-state index contributed by atoms with van der Waals surface area (Å²) in [7, 11) is 0. The van der Waals surface area contributed by atoms with Crippen LogP contribution in [0, 0.1) is 0 Å². The fourth-order valence-corrected chi connectivity index (χ4v) is 3.75. The molecule has 7 heteroatoms. The number of aliphatic hydroxyl groups excluding tert-OH is 2. The SMILES string of the molecule is O=CCC(OC(CO)C(O)O)c1ccc(Cl)c(Cc2ccc3c(c2)CCCN3)c1. The van der Waals surface area contributed by atoms with E-state index in [4.69, 9.17) is 16.3 Å². The second-order valence-electron chi connectivity index (χ2n) is 7.21. The first kappa shape index (κ1) is 21.7. The van der Waals surface area contributed by atoms with Gasteiger partial charge in [0.1, 0.15) is 12.4 Å². The molecule has 4 N–H and O–H groups in total. The van der Waals surface area contributed by atoms with Crippen molar-refractivity contribution in [3.8, 4) is 0 Å². The molecule has 2 aromatic rings. The molecule has 6 nitrogen and oxygen atoms in total. The van der Waals surface area contributed by atoms with Crippen LogP contribution in [0.5, 0.6) is 0 Å². The summed E-state index contributed by atoms with van der Waals surface area (Å²) in [6.45, 7) is 0.423. The molecule has 0 spiro atoms. The summed E-state index contributed by atoms with van der Waals surface area (Å²) < 4.78 is 5.57. The number of benzene rings is 2. The third-order valence-electron chi connectivity index (χ3n) is 5.11. The standard InChI is InChI=1S/C22H26ClNO5/c23-18-5-4-16(20(7-9-25)29-21(13-26)22(27)28)12-17(18)11-14-3-6-19-15(10-14)2-1-8-24-19/h3-6,9-10,12,20-22,24,26-28H,1-2,7-8,11,13H2. The molecule has 3 rings (SSSR count). The Hall–Kier alpha value is -1.96. The average Bonchev–Trinajstić information content (AvgIpc) is 2.72. The van der Waals surface area contributed by atoms with Crippen molar-refractivity contribution >= 4 is 23.6 Å². The van der Waals surface area contributed by atoms with Crippen LogP contribution >= 0.6 is 11.6 Å². The van der Waals surface area contributed by atoms with Gasteiger partial charge < -0.3 is 30.2 Å². The van der Waals surface area contributed by atoms with Crippen molar-refractivity contribution in [2.24, 2.45) is 0 Å². The lowest BCUT2D eigenvalue weighted by Gasteiger charge is -2.24. The molecule has 0 radical (unpaired) electrons. The number of halogens is 1. The third-order valence-corrected chi connectivity index (χ3v) is 5.47. The number of carbonyl (C=O) groups is 1. The van der Waals surface area contributed by atoms with Gasteiger partial charge in [0.2, 0.25) is 0 Å². The molecule has 0 bridgehead atoms. The van der Waals surface area contributed by atoms with E-state index >= 15 is 0 Å². The minimum atomic E-state index is -1.84. The fraction of sp³-hybridized carbons (Fsp3) is 0.409. The molecule has 2 aromatic carbocycles. The Morgan fingerprint density at radius 2 is 2.03 bits per heavy atom. The highest BCUT2D eigenvalue weighted by atomic mass is 35.5. The number of rotatable bonds is 9. The molecule has 1 heterocycles. The lowest BCUT2D eigenvalue weighted by Crippen LogP contribution is -2.33. The quantitative estimate of drug-likeness (QED) is 0.368. The molecule has 2 atom stereocenters. The highest BCUT2D eigenvalue weighted by molar-refractivity contribution is 6.31. The second kappa shape index (κ2) is 10.2. The van der Waals surface area contributed by atoms with Gasteiger partial charge in [-0.2, -0.15) is 0 Å². The van der Waals surface area contributed by atoms with Crippen molar-refractivity contribution in [1.29, 1.82) is 0 Å². The van der Waals surface area contributed by atoms with Gasteiger partial charge in [-0.3, -0.25) is 0 Å². The highest BCUT2D eigenvalue weighted by Gasteiger charge is 2.23. The molecule has 0 saturated carbocycles. The van der Waals surface area contributed by atoms with Gasteiger partial charge in [-0.05, 0) is 53.6 Å². The van der Waals surface area contributed by atoms with Gasteiger partial charge in [0.05, 0.1) is 12.7 Å². The van der Waals surface area contributed by atoms with Gasteiger partial charge in [-0.25, -0.2) is 0 Å². The normalized spacial score (nSPS) is 15.5. The van der Waals surface area contributed by atoms with E-state index in [2.05, 4.69) is 23.5 Å². The van der Waals surface area contributed by atoms with E-state index in [0.717, 1.165) is 30.5 Å². The van der Waals surface area contributed by atoms with Gasteiger partial charge in [-0.1, -0.05) is 35.9 Å². The van der Waals surface area contributed by atoms with Crippen molar-refractivity contribution in [2.45, 2.75) is 44.2 Å². The predicted octanol–water partition coefficient (Wildman–Crippen LogP) is 2.61. The Morgan fingerprint density at radius 3 is 2.76 bits per heavy atom. The lowest BCUT2D eigenvalue weighted by atomic mass is 9.95. The van der Waals surface area contributed by atoms with E-state index in [1.165, 1.54) is 11.3 Å². The number of anilines is 1. The van der Waals surface area contributed by atoms with Gasteiger partial charge in [0, 0.05) is 23.7 Å². The second-order valence-corrected chi connectivity index (χ2v) is 7.62. The molecule has 1 aliphatic heterocycles. The van der Waals surface area contributed by atoms with Crippen LogP contribution in [0.2, 0.25) is 5.02 Å². The molecule has 2 unspecified atom stereocenters. The molecule has 156 valence electrons. The van der Waals surface area contributed by atoms with Crippen molar-refractivity contribution < 1.29 is 24.9 Å². The van der Waals surface area contributed by atoms with Crippen LogP contribution < -0.4 is 5.32 Å². The first-order valence-corrected chi connectivity index (χ1v) is 10.1. The van der Waals surface area contributed by atoms with Crippen LogP contribution in [0.25, 0.3) is 0 Å². The van der Waals surface area contributed by atoms with Crippen molar-refractivity contribution in [2.75, 3.05) is 18.5 Å². The van der Waals surface area contributed by atoms with Crippen LogP contribution in [0.4, 0.5) is 5.69 Å². The van der Waals surface area contributed by atoms with Crippen LogP contribution in [-0.4, -0.2) is 47.2 Å². The van der Waals surface area contributed by atoms with Gasteiger partial charge in [-0.15, -0.1) is 0 Å². The topological polar surface area (TPSA) is 99.0 Å².